The number of aryl methyl sites for hydroxylation is 1. The molecule has 0 spiro atoms. The maximum absolute atomic E-state index is 13.5. The van der Waals surface area contributed by atoms with Crippen molar-refractivity contribution in [1.82, 2.24) is 5.32 Å². The molecule has 0 unspecified atom stereocenters. The van der Waals surface area contributed by atoms with E-state index < -0.39 is 16.8 Å². The van der Waals surface area contributed by atoms with E-state index in [-0.39, 0.29) is 23.5 Å². The van der Waals surface area contributed by atoms with Crippen LogP contribution in [-0.4, -0.2) is 22.8 Å². The summed E-state index contributed by atoms with van der Waals surface area (Å²) >= 11 is 1.62. The van der Waals surface area contributed by atoms with E-state index in [0.29, 0.717) is 40.8 Å². The van der Waals surface area contributed by atoms with Crippen molar-refractivity contribution in [2.24, 2.45) is 0 Å². The Hall–Kier alpha value is -3.26. The number of nitrogens with zero attached hydrogens (tertiary/aromatic N) is 1. The van der Waals surface area contributed by atoms with Gasteiger partial charge in [0.2, 0.25) is 0 Å². The number of rotatable bonds is 5. The maximum Gasteiger partial charge on any atom is 0.337 e. The van der Waals surface area contributed by atoms with Crippen molar-refractivity contribution in [3.8, 4) is 0 Å². The number of allylic oxidation sites excluding steroid dienone is 3. The molecule has 1 aliphatic heterocycles. The predicted octanol–water partition coefficient (Wildman–Crippen LogP) is 5.28. The summed E-state index contributed by atoms with van der Waals surface area (Å²) in [5.41, 5.74) is 3.22. The van der Waals surface area contributed by atoms with Crippen LogP contribution in [-0.2, 0) is 14.3 Å². The fourth-order valence-corrected chi connectivity index (χ4v) is 5.48. The monoisotopic (exact) mass is 466 g/mol. The van der Waals surface area contributed by atoms with Gasteiger partial charge in [0, 0.05) is 51.7 Å². The quantitative estimate of drug-likeness (QED) is 0.366. The number of benzene rings is 1. The molecule has 0 saturated carbocycles. The Balaban J connectivity index is 1.86. The van der Waals surface area contributed by atoms with E-state index in [1.807, 2.05) is 17.5 Å². The summed E-state index contributed by atoms with van der Waals surface area (Å²) in [6.07, 6.45) is 0.624. The molecule has 2 aliphatic rings. The van der Waals surface area contributed by atoms with Crippen molar-refractivity contribution < 1.29 is 19.2 Å². The number of ether oxygens (including phenoxy) is 1. The lowest BCUT2D eigenvalue weighted by Crippen LogP contribution is -2.36. The fourth-order valence-electron chi connectivity index (χ4n) is 4.65. The standard InChI is InChI=1S/C25H26N2O5S/c1-13(2)32-25(29)22-15(4)26-18-10-17(21-6-5-9-33-21)12-20(28)24(18)23(22)16-8-7-14(3)19(11-16)27(30)31/h5-9,11,13,17,23,26H,10,12H2,1-4H3/t17-,23-/m0/s1. The van der Waals surface area contributed by atoms with Crippen molar-refractivity contribution in [1.29, 1.82) is 0 Å². The molecule has 0 fully saturated rings. The van der Waals surface area contributed by atoms with Crippen LogP contribution in [0.5, 0.6) is 0 Å². The van der Waals surface area contributed by atoms with Crippen molar-refractivity contribution in [3.63, 3.8) is 0 Å². The Kier molecular flexibility index (Phi) is 6.21. The molecule has 1 aromatic heterocycles. The molecule has 1 aliphatic carbocycles. The Morgan fingerprint density at radius 3 is 2.64 bits per heavy atom. The van der Waals surface area contributed by atoms with E-state index in [1.54, 1.807) is 51.2 Å². The van der Waals surface area contributed by atoms with Crippen LogP contribution >= 0.6 is 11.3 Å². The summed E-state index contributed by atoms with van der Waals surface area (Å²) < 4.78 is 5.51. The summed E-state index contributed by atoms with van der Waals surface area (Å²) in [4.78, 5) is 39.0. The number of nitrogens with one attached hydrogen (secondary N) is 1. The van der Waals surface area contributed by atoms with Gasteiger partial charge in [-0.15, -0.1) is 11.3 Å². The molecular formula is C25H26N2O5S. The van der Waals surface area contributed by atoms with E-state index in [4.69, 9.17) is 4.74 Å². The number of Topliss-reactive ketones (excluding diaryl/α,β-unsaturated/α-hetero) is 1. The molecule has 2 aromatic rings. The summed E-state index contributed by atoms with van der Waals surface area (Å²) in [7, 11) is 0. The number of hydrogen-bond acceptors (Lipinski definition) is 7. The van der Waals surface area contributed by atoms with Gasteiger partial charge in [-0.05, 0) is 51.1 Å². The fraction of sp³-hybridized carbons (Fsp3) is 0.360. The summed E-state index contributed by atoms with van der Waals surface area (Å²) in [6, 6.07) is 8.91. The molecule has 172 valence electrons. The van der Waals surface area contributed by atoms with Crippen LogP contribution in [0.15, 0.2) is 58.3 Å². The minimum Gasteiger partial charge on any atom is -0.460 e. The first-order chi connectivity index (χ1) is 15.7. The molecule has 1 aromatic carbocycles. The highest BCUT2D eigenvalue weighted by atomic mass is 32.1. The van der Waals surface area contributed by atoms with Gasteiger partial charge < -0.3 is 10.1 Å². The number of carbonyl (C=O) groups excluding carboxylic acids is 2. The Morgan fingerprint density at radius 2 is 2.00 bits per heavy atom. The highest BCUT2D eigenvalue weighted by Gasteiger charge is 2.42. The average molecular weight is 467 g/mol. The van der Waals surface area contributed by atoms with Crippen molar-refractivity contribution >= 4 is 28.8 Å². The Labute approximate surface area is 196 Å². The SMILES string of the molecule is CC1=C(C(=O)OC(C)C)[C@H](c2ccc(C)c([N+](=O)[O-])c2)C2=C(C[C@H](c3cccs3)CC2=O)N1. The van der Waals surface area contributed by atoms with E-state index in [0.717, 1.165) is 10.6 Å². The first kappa shape index (κ1) is 22.9. The normalized spacial score (nSPS) is 20.6. The molecule has 33 heavy (non-hydrogen) atoms. The number of thiophene rings is 1. The first-order valence-corrected chi connectivity index (χ1v) is 11.8. The van der Waals surface area contributed by atoms with Gasteiger partial charge in [0.05, 0.1) is 16.6 Å². The first-order valence-electron chi connectivity index (χ1n) is 10.9. The molecule has 1 N–H and O–H groups in total. The van der Waals surface area contributed by atoms with Gasteiger partial charge in [0.15, 0.2) is 5.78 Å². The molecule has 7 nitrogen and oxygen atoms in total. The summed E-state index contributed by atoms with van der Waals surface area (Å²) in [5, 5.41) is 16.9. The van der Waals surface area contributed by atoms with Crippen molar-refractivity contribution in [2.75, 3.05) is 0 Å². The highest BCUT2D eigenvalue weighted by Crippen LogP contribution is 2.47. The molecule has 0 saturated heterocycles. The minimum absolute atomic E-state index is 0.0397. The predicted molar refractivity (Wildman–Crippen MR) is 126 cm³/mol. The lowest BCUT2D eigenvalue weighted by atomic mass is 9.72. The van der Waals surface area contributed by atoms with Gasteiger partial charge in [-0.1, -0.05) is 18.2 Å². The zero-order chi connectivity index (χ0) is 23.9. The molecule has 0 radical (unpaired) electrons. The molecule has 2 heterocycles. The van der Waals surface area contributed by atoms with Crippen molar-refractivity contribution in [2.45, 2.75) is 58.5 Å². The van der Waals surface area contributed by atoms with E-state index >= 15 is 0 Å². The lowest BCUT2D eigenvalue weighted by Gasteiger charge is -2.36. The van der Waals surface area contributed by atoms with Gasteiger partial charge in [-0.2, -0.15) is 0 Å². The second-order valence-electron chi connectivity index (χ2n) is 8.79. The van der Waals surface area contributed by atoms with E-state index in [1.165, 1.54) is 6.07 Å². The average Bonchev–Trinajstić information content (AvgIpc) is 3.27. The highest BCUT2D eigenvalue weighted by molar-refractivity contribution is 7.10. The summed E-state index contributed by atoms with van der Waals surface area (Å²) in [5.74, 6) is -1.24. The van der Waals surface area contributed by atoms with Gasteiger partial charge in [-0.3, -0.25) is 14.9 Å². The van der Waals surface area contributed by atoms with Crippen LogP contribution in [0.2, 0.25) is 0 Å². The number of dihydropyridines is 1. The van der Waals surface area contributed by atoms with Crippen LogP contribution < -0.4 is 5.32 Å². The molecule has 0 bridgehead atoms. The Morgan fingerprint density at radius 1 is 1.24 bits per heavy atom. The molecular weight excluding hydrogens is 440 g/mol. The minimum atomic E-state index is -0.719. The lowest BCUT2D eigenvalue weighted by molar-refractivity contribution is -0.385. The summed E-state index contributed by atoms with van der Waals surface area (Å²) in [6.45, 7) is 6.98. The van der Waals surface area contributed by atoms with Crippen LogP contribution in [0, 0.1) is 17.0 Å². The number of hydrogen-bond donors (Lipinski definition) is 1. The number of ketones is 1. The molecule has 4 rings (SSSR count). The van der Waals surface area contributed by atoms with Crippen LogP contribution in [0.3, 0.4) is 0 Å². The third-order valence-electron chi connectivity index (χ3n) is 6.10. The van der Waals surface area contributed by atoms with Gasteiger partial charge in [-0.25, -0.2) is 4.79 Å². The van der Waals surface area contributed by atoms with Gasteiger partial charge in [0.1, 0.15) is 0 Å². The largest absolute Gasteiger partial charge is 0.460 e. The van der Waals surface area contributed by atoms with E-state index in [2.05, 4.69) is 5.32 Å². The second-order valence-corrected chi connectivity index (χ2v) is 9.77. The van der Waals surface area contributed by atoms with E-state index in [9.17, 15) is 19.7 Å². The number of nitro groups is 1. The zero-order valence-electron chi connectivity index (χ0n) is 19.0. The third kappa shape index (κ3) is 4.35. The van der Waals surface area contributed by atoms with Gasteiger partial charge >= 0.3 is 5.97 Å². The van der Waals surface area contributed by atoms with Gasteiger partial charge in [0.25, 0.3) is 5.69 Å². The van der Waals surface area contributed by atoms with Crippen LogP contribution in [0.4, 0.5) is 5.69 Å². The topological polar surface area (TPSA) is 98.5 Å². The van der Waals surface area contributed by atoms with Crippen LogP contribution in [0.25, 0.3) is 0 Å². The maximum atomic E-state index is 13.5. The molecule has 8 heteroatoms. The zero-order valence-corrected chi connectivity index (χ0v) is 19.8. The number of nitro benzene ring substituents is 1. The smallest absolute Gasteiger partial charge is 0.337 e. The molecule has 0 amide bonds. The number of carbonyl (C=O) groups is 2. The second kappa shape index (κ2) is 8.94. The van der Waals surface area contributed by atoms with Crippen LogP contribution in [0.1, 0.15) is 61.5 Å². The number of esters is 1. The third-order valence-corrected chi connectivity index (χ3v) is 7.13. The van der Waals surface area contributed by atoms with Crippen molar-refractivity contribution in [3.05, 3.63) is 84.4 Å². The Bertz CT molecular complexity index is 1190. The molecule has 2 atom stereocenters.